The topological polar surface area (TPSA) is 32.3 Å². The van der Waals surface area contributed by atoms with Gasteiger partial charge in [-0.25, -0.2) is 0 Å². The Bertz CT molecular complexity index is 423. The lowest BCUT2D eigenvalue weighted by Crippen LogP contribution is -2.36. The largest absolute Gasteiger partial charge is 0.345 e. The van der Waals surface area contributed by atoms with E-state index in [1.54, 1.807) is 24.1 Å². The zero-order valence-corrected chi connectivity index (χ0v) is 12.3. The first-order valence-corrected chi connectivity index (χ1v) is 6.63. The molecular weight excluding hydrogens is 271 g/mol. The first-order valence-electron chi connectivity index (χ1n) is 5.88. The van der Waals surface area contributed by atoms with Crippen LogP contribution in [0.2, 0.25) is 10.0 Å². The van der Waals surface area contributed by atoms with Gasteiger partial charge in [0.25, 0.3) is 0 Å². The lowest BCUT2D eigenvalue weighted by Gasteiger charge is -2.19. The van der Waals surface area contributed by atoms with Crippen molar-refractivity contribution < 1.29 is 4.79 Å². The van der Waals surface area contributed by atoms with E-state index in [1.165, 1.54) is 0 Å². The number of likely N-dealkylation sites (N-methyl/N-ethyl adjacent to an activating group) is 1. The summed E-state index contributed by atoms with van der Waals surface area (Å²) in [4.78, 5) is 13.3. The maximum absolute atomic E-state index is 11.7. The highest BCUT2D eigenvalue weighted by Gasteiger charge is 2.12. The number of benzene rings is 1. The number of hydrogen-bond acceptors (Lipinski definition) is 2. The van der Waals surface area contributed by atoms with E-state index in [0.717, 1.165) is 5.56 Å². The molecule has 0 saturated heterocycles. The van der Waals surface area contributed by atoms with E-state index in [2.05, 4.69) is 5.32 Å². The zero-order valence-electron chi connectivity index (χ0n) is 10.8. The molecule has 18 heavy (non-hydrogen) atoms. The highest BCUT2D eigenvalue weighted by molar-refractivity contribution is 6.33. The minimum atomic E-state index is -0.0228. The van der Waals surface area contributed by atoms with Gasteiger partial charge in [0.15, 0.2) is 0 Å². The second-order valence-corrected chi connectivity index (χ2v) is 5.02. The molecule has 1 aromatic carbocycles. The van der Waals surface area contributed by atoms with E-state index in [-0.39, 0.29) is 18.5 Å². The standard InChI is InChI=1S/C13H18Cl2N2O/c1-4-17(3)13(18)8-16-9(2)11-7-10(14)5-6-12(11)15/h5-7,9,16H,4,8H2,1-3H3. The van der Waals surface area contributed by atoms with Gasteiger partial charge in [-0.1, -0.05) is 23.2 Å². The van der Waals surface area contributed by atoms with Gasteiger partial charge in [0.1, 0.15) is 0 Å². The summed E-state index contributed by atoms with van der Waals surface area (Å²) in [6.07, 6.45) is 0. The molecule has 5 heteroatoms. The fourth-order valence-electron chi connectivity index (χ4n) is 1.51. The number of carbonyl (C=O) groups excluding carboxylic acids is 1. The number of halogens is 2. The minimum Gasteiger partial charge on any atom is -0.345 e. The zero-order chi connectivity index (χ0) is 13.7. The summed E-state index contributed by atoms with van der Waals surface area (Å²) in [5.41, 5.74) is 0.899. The molecule has 0 heterocycles. The van der Waals surface area contributed by atoms with Crippen molar-refractivity contribution in [3.63, 3.8) is 0 Å². The number of amides is 1. The van der Waals surface area contributed by atoms with Crippen molar-refractivity contribution in [2.45, 2.75) is 19.9 Å². The fraction of sp³-hybridized carbons (Fsp3) is 0.462. The van der Waals surface area contributed by atoms with Crippen LogP contribution in [0.25, 0.3) is 0 Å². The lowest BCUT2D eigenvalue weighted by molar-refractivity contribution is -0.128. The van der Waals surface area contributed by atoms with Crippen molar-refractivity contribution in [3.05, 3.63) is 33.8 Å². The van der Waals surface area contributed by atoms with E-state index in [0.29, 0.717) is 16.6 Å². The summed E-state index contributed by atoms with van der Waals surface area (Å²) in [6, 6.07) is 5.30. The average Bonchev–Trinajstić information content (AvgIpc) is 2.37. The van der Waals surface area contributed by atoms with E-state index in [4.69, 9.17) is 23.2 Å². The quantitative estimate of drug-likeness (QED) is 0.903. The fourth-order valence-corrected chi connectivity index (χ4v) is 1.97. The first-order chi connectivity index (χ1) is 8.45. The molecular formula is C13H18Cl2N2O. The predicted octanol–water partition coefficient (Wildman–Crippen LogP) is 3.12. The molecule has 0 saturated carbocycles. The molecule has 1 aromatic rings. The molecule has 0 spiro atoms. The van der Waals surface area contributed by atoms with Crippen LogP contribution in [0.3, 0.4) is 0 Å². The van der Waals surface area contributed by atoms with E-state index >= 15 is 0 Å². The summed E-state index contributed by atoms with van der Waals surface area (Å²) in [5.74, 6) is 0.0579. The molecule has 1 N–H and O–H groups in total. The maximum atomic E-state index is 11.7. The van der Waals surface area contributed by atoms with Crippen LogP contribution in [0.4, 0.5) is 0 Å². The number of carbonyl (C=O) groups is 1. The second-order valence-electron chi connectivity index (χ2n) is 4.18. The molecule has 1 amide bonds. The summed E-state index contributed by atoms with van der Waals surface area (Å²) >= 11 is 12.0. The van der Waals surface area contributed by atoms with Crippen LogP contribution in [0.5, 0.6) is 0 Å². The van der Waals surface area contributed by atoms with E-state index < -0.39 is 0 Å². The Kier molecular flexibility index (Phi) is 5.93. The van der Waals surface area contributed by atoms with Crippen molar-refractivity contribution in [2.75, 3.05) is 20.1 Å². The molecule has 0 fully saturated rings. The molecule has 0 bridgehead atoms. The van der Waals surface area contributed by atoms with Gasteiger partial charge in [-0.2, -0.15) is 0 Å². The summed E-state index contributed by atoms with van der Waals surface area (Å²) < 4.78 is 0. The smallest absolute Gasteiger partial charge is 0.236 e. The number of hydrogen-bond donors (Lipinski definition) is 1. The average molecular weight is 289 g/mol. The Hall–Kier alpha value is -0.770. The molecule has 3 nitrogen and oxygen atoms in total. The van der Waals surface area contributed by atoms with Crippen LogP contribution in [0.1, 0.15) is 25.5 Å². The van der Waals surface area contributed by atoms with Crippen LogP contribution in [-0.4, -0.2) is 30.9 Å². The number of nitrogens with zero attached hydrogens (tertiary/aromatic N) is 1. The third-order valence-electron chi connectivity index (χ3n) is 2.88. The maximum Gasteiger partial charge on any atom is 0.236 e. The van der Waals surface area contributed by atoms with Crippen molar-refractivity contribution in [1.82, 2.24) is 10.2 Å². The highest BCUT2D eigenvalue weighted by atomic mass is 35.5. The molecule has 0 aliphatic rings. The Labute approximate surface area is 118 Å². The Morgan fingerprint density at radius 1 is 1.44 bits per heavy atom. The predicted molar refractivity (Wildman–Crippen MR) is 76.2 cm³/mol. The van der Waals surface area contributed by atoms with Gasteiger partial charge in [0.05, 0.1) is 6.54 Å². The van der Waals surface area contributed by atoms with Gasteiger partial charge >= 0.3 is 0 Å². The monoisotopic (exact) mass is 288 g/mol. The molecule has 1 unspecified atom stereocenters. The van der Waals surface area contributed by atoms with Crippen LogP contribution < -0.4 is 5.32 Å². The van der Waals surface area contributed by atoms with Gasteiger partial charge in [0.2, 0.25) is 5.91 Å². The molecule has 0 radical (unpaired) electrons. The van der Waals surface area contributed by atoms with Gasteiger partial charge in [-0.3, -0.25) is 4.79 Å². The van der Waals surface area contributed by atoms with E-state index in [1.807, 2.05) is 19.9 Å². The third kappa shape index (κ3) is 4.16. The number of nitrogens with one attached hydrogen (secondary N) is 1. The van der Waals surface area contributed by atoms with Crippen molar-refractivity contribution in [1.29, 1.82) is 0 Å². The molecule has 0 aromatic heterocycles. The normalized spacial score (nSPS) is 12.3. The summed E-state index contributed by atoms with van der Waals surface area (Å²) in [5, 5.41) is 4.44. The van der Waals surface area contributed by atoms with E-state index in [9.17, 15) is 4.79 Å². The van der Waals surface area contributed by atoms with Gasteiger partial charge in [-0.15, -0.1) is 0 Å². The molecule has 0 aliphatic carbocycles. The SMILES string of the molecule is CCN(C)C(=O)CNC(C)c1cc(Cl)ccc1Cl. The van der Waals surface area contributed by atoms with Crippen LogP contribution in [0, 0.1) is 0 Å². The Morgan fingerprint density at radius 2 is 2.11 bits per heavy atom. The molecule has 100 valence electrons. The lowest BCUT2D eigenvalue weighted by atomic mass is 10.1. The van der Waals surface area contributed by atoms with Gasteiger partial charge in [0, 0.05) is 29.7 Å². The summed E-state index contributed by atoms with van der Waals surface area (Å²) in [6.45, 7) is 4.88. The second kappa shape index (κ2) is 6.98. The van der Waals surface area contributed by atoms with Crippen molar-refractivity contribution in [2.24, 2.45) is 0 Å². The molecule has 1 rings (SSSR count). The van der Waals surface area contributed by atoms with Gasteiger partial charge in [-0.05, 0) is 37.6 Å². The van der Waals surface area contributed by atoms with Crippen LogP contribution in [0.15, 0.2) is 18.2 Å². The van der Waals surface area contributed by atoms with Crippen LogP contribution >= 0.6 is 23.2 Å². The highest BCUT2D eigenvalue weighted by Crippen LogP contribution is 2.25. The minimum absolute atomic E-state index is 0.0228. The molecule has 1 atom stereocenters. The summed E-state index contributed by atoms with van der Waals surface area (Å²) in [7, 11) is 1.78. The number of rotatable bonds is 5. The Morgan fingerprint density at radius 3 is 2.72 bits per heavy atom. The third-order valence-corrected chi connectivity index (χ3v) is 3.46. The Balaban J connectivity index is 2.63. The van der Waals surface area contributed by atoms with Gasteiger partial charge < -0.3 is 10.2 Å². The van der Waals surface area contributed by atoms with Crippen molar-refractivity contribution in [3.8, 4) is 0 Å². The van der Waals surface area contributed by atoms with Crippen LogP contribution in [-0.2, 0) is 4.79 Å². The van der Waals surface area contributed by atoms with Crippen molar-refractivity contribution >= 4 is 29.1 Å². The molecule has 0 aliphatic heterocycles. The first kappa shape index (κ1) is 15.3.